The van der Waals surface area contributed by atoms with Crippen LogP contribution in [0.5, 0.6) is 0 Å². The normalized spacial score (nSPS) is 23.2. The first kappa shape index (κ1) is 12.1. The van der Waals surface area contributed by atoms with Crippen LogP contribution < -0.4 is 0 Å². The lowest BCUT2D eigenvalue weighted by Crippen LogP contribution is -2.42. The molecule has 0 N–H and O–H groups in total. The smallest absolute Gasteiger partial charge is 0.0692 e. The fourth-order valence-corrected chi connectivity index (χ4v) is 2.50. The average molecular weight is 233 g/mol. The minimum Gasteiger partial charge on any atom is -0.299 e. The molecule has 0 aliphatic carbocycles. The van der Waals surface area contributed by atoms with E-state index in [9.17, 15) is 0 Å². The highest BCUT2D eigenvalue weighted by atomic mass is 15.4. The molecule has 1 aliphatic rings. The van der Waals surface area contributed by atoms with Gasteiger partial charge in [0.25, 0.3) is 0 Å². The van der Waals surface area contributed by atoms with Crippen molar-refractivity contribution in [3.63, 3.8) is 0 Å². The van der Waals surface area contributed by atoms with Gasteiger partial charge in [-0.25, -0.2) is 0 Å². The number of rotatable bonds is 4. The maximum atomic E-state index is 8.74. The van der Waals surface area contributed by atoms with Crippen molar-refractivity contribution in [1.82, 2.24) is 19.9 Å². The second-order valence-corrected chi connectivity index (χ2v) is 4.84. The summed E-state index contributed by atoms with van der Waals surface area (Å²) < 4.78 is 1.91. The molecule has 1 aromatic rings. The van der Waals surface area contributed by atoms with Crippen molar-refractivity contribution in [2.45, 2.75) is 38.8 Å². The first-order valence-electron chi connectivity index (χ1n) is 6.24. The van der Waals surface area contributed by atoms with Gasteiger partial charge in [0, 0.05) is 25.3 Å². The summed E-state index contributed by atoms with van der Waals surface area (Å²) in [6.45, 7) is 5.27. The van der Waals surface area contributed by atoms with Crippen LogP contribution in [0.15, 0.2) is 12.4 Å². The van der Waals surface area contributed by atoms with Crippen molar-refractivity contribution in [2.75, 3.05) is 13.1 Å². The predicted molar refractivity (Wildman–Crippen MR) is 64.0 cm³/mol. The summed E-state index contributed by atoms with van der Waals surface area (Å²) in [7, 11) is 0. The third-order valence-electron chi connectivity index (χ3n) is 3.48. The van der Waals surface area contributed by atoms with Gasteiger partial charge in [0.1, 0.15) is 0 Å². The molecule has 5 heteroatoms. The highest BCUT2D eigenvalue weighted by Crippen LogP contribution is 2.20. The Balaban J connectivity index is 1.86. The molecule has 2 heterocycles. The molecule has 0 saturated carbocycles. The molecule has 92 valence electrons. The third kappa shape index (κ3) is 3.27. The Kier molecular flexibility index (Phi) is 4.10. The predicted octanol–water partition coefficient (Wildman–Crippen LogP) is 1.29. The SMILES string of the molecule is C[C@H](CC#N)N1CCC[C@@H](Cn2ccnn2)C1. The van der Waals surface area contributed by atoms with Gasteiger partial charge in [0.05, 0.1) is 18.7 Å². The number of piperidine rings is 1. The van der Waals surface area contributed by atoms with E-state index in [0.29, 0.717) is 18.4 Å². The van der Waals surface area contributed by atoms with E-state index < -0.39 is 0 Å². The Bertz CT molecular complexity index is 367. The second-order valence-electron chi connectivity index (χ2n) is 4.84. The van der Waals surface area contributed by atoms with E-state index in [2.05, 4.69) is 28.2 Å². The summed E-state index contributed by atoms with van der Waals surface area (Å²) in [5, 5.41) is 16.6. The molecule has 0 spiro atoms. The van der Waals surface area contributed by atoms with Crippen LogP contribution in [0.3, 0.4) is 0 Å². The zero-order valence-electron chi connectivity index (χ0n) is 10.3. The molecule has 1 aliphatic heterocycles. The minimum atomic E-state index is 0.374. The number of hydrogen-bond acceptors (Lipinski definition) is 4. The number of likely N-dealkylation sites (tertiary alicyclic amines) is 1. The number of hydrogen-bond donors (Lipinski definition) is 0. The van der Waals surface area contributed by atoms with E-state index in [4.69, 9.17) is 5.26 Å². The fourth-order valence-electron chi connectivity index (χ4n) is 2.50. The standard InChI is InChI=1S/C12H19N5/c1-11(4-5-13)16-7-2-3-12(9-16)10-17-8-6-14-15-17/h6,8,11-12H,2-4,7,9-10H2,1H3/t11-,12-/m1/s1. The molecular weight excluding hydrogens is 214 g/mol. The molecule has 1 fully saturated rings. The molecule has 0 aromatic carbocycles. The molecule has 2 atom stereocenters. The molecule has 2 rings (SSSR count). The number of nitriles is 1. The van der Waals surface area contributed by atoms with E-state index in [1.54, 1.807) is 6.20 Å². The quantitative estimate of drug-likeness (QED) is 0.786. The van der Waals surface area contributed by atoms with Crippen molar-refractivity contribution in [3.05, 3.63) is 12.4 Å². The van der Waals surface area contributed by atoms with E-state index in [-0.39, 0.29) is 0 Å². The van der Waals surface area contributed by atoms with Crippen molar-refractivity contribution in [3.8, 4) is 6.07 Å². The first-order chi connectivity index (χ1) is 8.29. The van der Waals surface area contributed by atoms with Gasteiger partial charge in [-0.1, -0.05) is 5.21 Å². The summed E-state index contributed by atoms with van der Waals surface area (Å²) in [5.41, 5.74) is 0. The van der Waals surface area contributed by atoms with Crippen LogP contribution in [0.4, 0.5) is 0 Å². The lowest BCUT2D eigenvalue weighted by molar-refractivity contribution is 0.122. The Labute approximate surface area is 102 Å². The number of aromatic nitrogens is 3. The molecule has 0 amide bonds. The lowest BCUT2D eigenvalue weighted by atomic mass is 9.96. The van der Waals surface area contributed by atoms with Crippen LogP contribution in [0, 0.1) is 17.2 Å². The van der Waals surface area contributed by atoms with Gasteiger partial charge in [-0.05, 0) is 32.2 Å². The first-order valence-corrected chi connectivity index (χ1v) is 6.24. The van der Waals surface area contributed by atoms with Gasteiger partial charge < -0.3 is 0 Å². The lowest BCUT2D eigenvalue weighted by Gasteiger charge is -2.35. The Morgan fingerprint density at radius 3 is 3.18 bits per heavy atom. The van der Waals surface area contributed by atoms with Crippen molar-refractivity contribution >= 4 is 0 Å². The van der Waals surface area contributed by atoms with E-state index in [1.807, 2.05) is 10.9 Å². The minimum absolute atomic E-state index is 0.374. The van der Waals surface area contributed by atoms with E-state index in [1.165, 1.54) is 12.8 Å². The van der Waals surface area contributed by atoms with E-state index in [0.717, 1.165) is 19.6 Å². The zero-order valence-corrected chi connectivity index (χ0v) is 10.3. The van der Waals surface area contributed by atoms with Crippen LogP contribution in [0.2, 0.25) is 0 Å². The van der Waals surface area contributed by atoms with Gasteiger partial charge in [0.2, 0.25) is 0 Å². The fraction of sp³-hybridized carbons (Fsp3) is 0.750. The highest BCUT2D eigenvalue weighted by molar-refractivity contribution is 4.83. The zero-order chi connectivity index (χ0) is 12.1. The summed E-state index contributed by atoms with van der Waals surface area (Å²) in [4.78, 5) is 2.42. The highest BCUT2D eigenvalue weighted by Gasteiger charge is 2.23. The van der Waals surface area contributed by atoms with Crippen LogP contribution in [-0.2, 0) is 6.54 Å². The molecule has 0 radical (unpaired) electrons. The molecule has 1 saturated heterocycles. The Morgan fingerprint density at radius 2 is 2.47 bits per heavy atom. The van der Waals surface area contributed by atoms with Gasteiger partial charge >= 0.3 is 0 Å². The maximum absolute atomic E-state index is 8.74. The van der Waals surface area contributed by atoms with Gasteiger partial charge in [-0.15, -0.1) is 5.10 Å². The van der Waals surface area contributed by atoms with Gasteiger partial charge in [0.15, 0.2) is 0 Å². The van der Waals surface area contributed by atoms with Crippen LogP contribution in [-0.4, -0.2) is 39.0 Å². The monoisotopic (exact) mass is 233 g/mol. The third-order valence-corrected chi connectivity index (χ3v) is 3.48. The summed E-state index contributed by atoms with van der Waals surface area (Å²) in [5.74, 6) is 0.631. The molecule has 0 bridgehead atoms. The second kappa shape index (κ2) is 5.78. The molecule has 17 heavy (non-hydrogen) atoms. The summed E-state index contributed by atoms with van der Waals surface area (Å²) in [6, 6.07) is 2.63. The topological polar surface area (TPSA) is 57.7 Å². The molecule has 0 unspecified atom stereocenters. The molecular formula is C12H19N5. The average Bonchev–Trinajstić information content (AvgIpc) is 2.82. The Hall–Kier alpha value is -1.41. The largest absolute Gasteiger partial charge is 0.299 e. The number of nitrogens with zero attached hydrogens (tertiary/aromatic N) is 5. The van der Waals surface area contributed by atoms with Crippen molar-refractivity contribution in [1.29, 1.82) is 5.26 Å². The van der Waals surface area contributed by atoms with Crippen LogP contribution in [0.1, 0.15) is 26.2 Å². The van der Waals surface area contributed by atoms with Crippen LogP contribution >= 0.6 is 0 Å². The van der Waals surface area contributed by atoms with Crippen LogP contribution in [0.25, 0.3) is 0 Å². The van der Waals surface area contributed by atoms with E-state index >= 15 is 0 Å². The van der Waals surface area contributed by atoms with Crippen molar-refractivity contribution in [2.24, 2.45) is 5.92 Å². The maximum Gasteiger partial charge on any atom is 0.0692 e. The Morgan fingerprint density at radius 1 is 1.59 bits per heavy atom. The van der Waals surface area contributed by atoms with Gasteiger partial charge in [-0.2, -0.15) is 5.26 Å². The van der Waals surface area contributed by atoms with Gasteiger partial charge in [-0.3, -0.25) is 9.58 Å². The molecule has 1 aromatic heterocycles. The summed E-state index contributed by atoms with van der Waals surface area (Å²) >= 11 is 0. The molecule has 5 nitrogen and oxygen atoms in total. The summed E-state index contributed by atoms with van der Waals surface area (Å²) in [6.07, 6.45) is 6.72. The van der Waals surface area contributed by atoms with Crippen molar-refractivity contribution < 1.29 is 0 Å².